The summed E-state index contributed by atoms with van der Waals surface area (Å²) in [5.74, 6) is -0.482. The molecule has 2 rings (SSSR count). The van der Waals surface area contributed by atoms with Gasteiger partial charge in [0.1, 0.15) is 5.69 Å². The molecule has 2 aromatic rings. The van der Waals surface area contributed by atoms with E-state index in [9.17, 15) is 4.79 Å². The van der Waals surface area contributed by atoms with Gasteiger partial charge in [0.25, 0.3) is 5.91 Å². The molecule has 0 bridgehead atoms. The fraction of sp³-hybridized carbons (Fsp3) is 0. The summed E-state index contributed by atoms with van der Waals surface area (Å²) >= 11 is 0. The van der Waals surface area contributed by atoms with Gasteiger partial charge >= 0.3 is 0 Å². The van der Waals surface area contributed by atoms with E-state index >= 15 is 0 Å². The number of H-pyrrole nitrogens is 1. The summed E-state index contributed by atoms with van der Waals surface area (Å²) in [6.45, 7) is 0. The maximum absolute atomic E-state index is 10.9. The molecule has 0 unspecified atom stereocenters. The van der Waals surface area contributed by atoms with E-state index in [2.05, 4.69) is 11.1 Å². The topological polar surface area (TPSA) is 63.8 Å². The Hall–Kier alpha value is -1.97. The average Bonchev–Trinajstić information content (AvgIpc) is 2.74. The van der Waals surface area contributed by atoms with Crippen LogP contribution in [0.25, 0.3) is 5.69 Å². The zero-order valence-corrected chi connectivity index (χ0v) is 6.82. The number of nitrogens with two attached hydrogens (primary N) is 1. The van der Waals surface area contributed by atoms with Gasteiger partial charge in [-0.2, -0.15) is 0 Å². The zero-order valence-electron chi connectivity index (χ0n) is 6.82. The molecule has 0 saturated heterocycles. The first-order chi connectivity index (χ1) is 6.29. The normalized spacial score (nSPS) is 10.2. The molecule has 0 aromatic carbocycles. The standard InChI is InChI=1S/C9H8N3O/c10-9(13)8-7(3-4-11-8)12-5-1-2-6-12/h1-2,4-6,11H,(H2,10,13). The highest BCUT2D eigenvalue weighted by Gasteiger charge is 2.09. The molecule has 4 nitrogen and oxygen atoms in total. The van der Waals surface area contributed by atoms with Crippen molar-refractivity contribution in [1.29, 1.82) is 0 Å². The van der Waals surface area contributed by atoms with Crippen molar-refractivity contribution in [2.24, 2.45) is 5.73 Å². The summed E-state index contributed by atoms with van der Waals surface area (Å²) in [6, 6.07) is 6.63. The van der Waals surface area contributed by atoms with Crippen molar-refractivity contribution >= 4 is 5.91 Å². The fourth-order valence-corrected chi connectivity index (χ4v) is 1.19. The lowest BCUT2D eigenvalue weighted by Crippen LogP contribution is -2.13. The molecule has 0 atom stereocenters. The van der Waals surface area contributed by atoms with Crippen LogP contribution in [0.5, 0.6) is 0 Å². The molecule has 2 aromatic heterocycles. The summed E-state index contributed by atoms with van der Waals surface area (Å²) < 4.78 is 1.77. The van der Waals surface area contributed by atoms with E-state index in [4.69, 9.17) is 5.73 Å². The zero-order chi connectivity index (χ0) is 9.26. The molecule has 1 radical (unpaired) electrons. The van der Waals surface area contributed by atoms with Gasteiger partial charge in [-0.15, -0.1) is 0 Å². The summed E-state index contributed by atoms with van der Waals surface area (Å²) in [7, 11) is 0. The molecule has 0 spiro atoms. The highest BCUT2D eigenvalue weighted by atomic mass is 16.1. The smallest absolute Gasteiger partial charge is 0.267 e. The van der Waals surface area contributed by atoms with Crippen LogP contribution in [0.1, 0.15) is 10.5 Å². The number of rotatable bonds is 2. The molecule has 13 heavy (non-hydrogen) atoms. The first kappa shape index (κ1) is 7.67. The number of hydrogen-bond acceptors (Lipinski definition) is 1. The van der Waals surface area contributed by atoms with Gasteiger partial charge in [0.2, 0.25) is 0 Å². The van der Waals surface area contributed by atoms with Crippen molar-refractivity contribution in [3.63, 3.8) is 0 Å². The second-order valence-corrected chi connectivity index (χ2v) is 2.61. The number of nitrogens with one attached hydrogen (secondary N) is 1. The van der Waals surface area contributed by atoms with Crippen LogP contribution in [0.15, 0.2) is 30.7 Å². The molecule has 4 heteroatoms. The lowest BCUT2D eigenvalue weighted by Gasteiger charge is -2.00. The van der Waals surface area contributed by atoms with Crippen molar-refractivity contribution in [3.05, 3.63) is 42.5 Å². The van der Waals surface area contributed by atoms with E-state index in [0.29, 0.717) is 11.4 Å². The fourth-order valence-electron chi connectivity index (χ4n) is 1.19. The number of carbonyl (C=O) groups is 1. The summed E-state index contributed by atoms with van der Waals surface area (Å²) in [5.41, 5.74) is 6.18. The largest absolute Gasteiger partial charge is 0.364 e. The van der Waals surface area contributed by atoms with Gasteiger partial charge in [0, 0.05) is 24.7 Å². The quantitative estimate of drug-likeness (QED) is 0.691. The van der Waals surface area contributed by atoms with E-state index in [0.717, 1.165) is 0 Å². The summed E-state index contributed by atoms with van der Waals surface area (Å²) in [5, 5.41) is 0. The molecular weight excluding hydrogens is 166 g/mol. The van der Waals surface area contributed by atoms with Crippen LogP contribution < -0.4 is 5.73 Å². The Bertz CT molecular complexity index is 414. The van der Waals surface area contributed by atoms with Gasteiger partial charge in [0.15, 0.2) is 0 Å². The van der Waals surface area contributed by atoms with Crippen molar-refractivity contribution in [2.45, 2.75) is 0 Å². The number of nitrogens with zero attached hydrogens (tertiary/aromatic N) is 1. The number of primary amides is 1. The van der Waals surface area contributed by atoms with E-state index in [1.807, 2.05) is 24.5 Å². The summed E-state index contributed by atoms with van der Waals surface area (Å²) in [6.07, 6.45) is 5.22. The van der Waals surface area contributed by atoms with Gasteiger partial charge in [-0.3, -0.25) is 4.79 Å². The third-order valence-electron chi connectivity index (χ3n) is 1.77. The first-order valence-electron chi connectivity index (χ1n) is 3.81. The Morgan fingerprint density at radius 3 is 2.77 bits per heavy atom. The Kier molecular flexibility index (Phi) is 1.66. The van der Waals surface area contributed by atoms with Crippen molar-refractivity contribution in [1.82, 2.24) is 9.55 Å². The molecule has 0 saturated carbocycles. The monoisotopic (exact) mass is 174 g/mol. The minimum Gasteiger partial charge on any atom is -0.364 e. The van der Waals surface area contributed by atoms with Gasteiger partial charge in [0.05, 0.1) is 5.69 Å². The van der Waals surface area contributed by atoms with Gasteiger partial charge in [-0.25, -0.2) is 0 Å². The lowest BCUT2D eigenvalue weighted by molar-refractivity contribution is 0.0996. The van der Waals surface area contributed by atoms with E-state index in [-0.39, 0.29) is 0 Å². The van der Waals surface area contributed by atoms with Crippen LogP contribution in [-0.2, 0) is 0 Å². The highest BCUT2D eigenvalue weighted by molar-refractivity contribution is 5.94. The minimum absolute atomic E-state index is 0.371. The Balaban J connectivity index is 2.52. The minimum atomic E-state index is -0.482. The molecule has 0 fully saturated rings. The Labute approximate surface area is 75.0 Å². The van der Waals surface area contributed by atoms with Crippen molar-refractivity contribution < 1.29 is 4.79 Å². The van der Waals surface area contributed by atoms with Crippen molar-refractivity contribution in [3.8, 4) is 5.69 Å². The molecule has 3 N–H and O–H groups in total. The van der Waals surface area contributed by atoms with Crippen LogP contribution in [0.3, 0.4) is 0 Å². The number of carbonyl (C=O) groups excluding carboxylic acids is 1. The van der Waals surface area contributed by atoms with Gasteiger partial charge < -0.3 is 15.3 Å². The molecule has 1 amide bonds. The SMILES string of the molecule is NC(=O)c1[nH]c[c]c1-n1cccc1. The molecule has 0 aliphatic heterocycles. The first-order valence-corrected chi connectivity index (χ1v) is 3.81. The van der Waals surface area contributed by atoms with E-state index in [1.165, 1.54) is 0 Å². The van der Waals surface area contributed by atoms with Gasteiger partial charge in [-0.05, 0) is 12.1 Å². The van der Waals surface area contributed by atoms with Crippen LogP contribution >= 0.6 is 0 Å². The average molecular weight is 174 g/mol. The van der Waals surface area contributed by atoms with Crippen LogP contribution in [0.4, 0.5) is 0 Å². The Morgan fingerprint density at radius 2 is 2.15 bits per heavy atom. The predicted molar refractivity (Wildman–Crippen MR) is 47.5 cm³/mol. The number of aromatic amines is 1. The maximum Gasteiger partial charge on any atom is 0.267 e. The predicted octanol–water partition coefficient (Wildman–Crippen LogP) is 0.704. The molecule has 65 valence electrons. The van der Waals surface area contributed by atoms with E-state index in [1.54, 1.807) is 10.8 Å². The van der Waals surface area contributed by atoms with Crippen LogP contribution in [0.2, 0.25) is 0 Å². The van der Waals surface area contributed by atoms with Crippen LogP contribution in [-0.4, -0.2) is 15.5 Å². The number of amides is 1. The molecular formula is C9H8N3O. The highest BCUT2D eigenvalue weighted by Crippen LogP contribution is 2.11. The summed E-state index contributed by atoms with van der Waals surface area (Å²) in [4.78, 5) is 13.7. The second-order valence-electron chi connectivity index (χ2n) is 2.61. The van der Waals surface area contributed by atoms with E-state index < -0.39 is 5.91 Å². The molecule has 2 heterocycles. The third-order valence-corrected chi connectivity index (χ3v) is 1.77. The number of aromatic nitrogens is 2. The second kappa shape index (κ2) is 2.82. The van der Waals surface area contributed by atoms with Crippen molar-refractivity contribution in [2.75, 3.05) is 0 Å². The van der Waals surface area contributed by atoms with Gasteiger partial charge in [-0.1, -0.05) is 0 Å². The molecule has 0 aliphatic rings. The number of hydrogen-bond donors (Lipinski definition) is 2. The maximum atomic E-state index is 10.9. The lowest BCUT2D eigenvalue weighted by atomic mass is 10.3. The van der Waals surface area contributed by atoms with Crippen LogP contribution in [0, 0.1) is 6.07 Å². The molecule has 0 aliphatic carbocycles. The third kappa shape index (κ3) is 1.22. The Morgan fingerprint density at radius 1 is 1.46 bits per heavy atom.